The van der Waals surface area contributed by atoms with Crippen molar-refractivity contribution in [2.24, 2.45) is 0 Å². The zero-order chi connectivity index (χ0) is 10.5. The second-order valence-electron chi connectivity index (χ2n) is 3.42. The molecule has 15 heavy (non-hydrogen) atoms. The minimum Gasteiger partial charge on any atom is -0.494 e. The highest BCUT2D eigenvalue weighted by Gasteiger charge is 2.17. The van der Waals surface area contributed by atoms with Crippen LogP contribution in [0.3, 0.4) is 0 Å². The highest BCUT2D eigenvalue weighted by Crippen LogP contribution is 2.21. The molecule has 1 aromatic carbocycles. The summed E-state index contributed by atoms with van der Waals surface area (Å²) >= 11 is 0. The first kappa shape index (κ1) is 10.5. The summed E-state index contributed by atoms with van der Waals surface area (Å²) in [6.45, 7) is 4.06. The van der Waals surface area contributed by atoms with Gasteiger partial charge in [0.1, 0.15) is 5.75 Å². The van der Waals surface area contributed by atoms with Crippen LogP contribution in [0.4, 0.5) is 0 Å². The summed E-state index contributed by atoms with van der Waals surface area (Å²) in [7, 11) is 0. The number of hydrogen-bond donors (Lipinski definition) is 0. The molecular weight excluding hydrogens is 192 g/mol. The molecule has 0 aliphatic carbocycles. The van der Waals surface area contributed by atoms with Crippen molar-refractivity contribution in [3.63, 3.8) is 0 Å². The first-order valence-electron chi connectivity index (χ1n) is 5.34. The number of hydrogen-bond acceptors (Lipinski definition) is 3. The third kappa shape index (κ3) is 2.70. The lowest BCUT2D eigenvalue weighted by Gasteiger charge is -2.13. The summed E-state index contributed by atoms with van der Waals surface area (Å²) in [5.74, 6) is 0.930. The fourth-order valence-electron chi connectivity index (χ4n) is 1.67. The van der Waals surface area contributed by atoms with Crippen molar-refractivity contribution >= 4 is 0 Å². The highest BCUT2D eigenvalue weighted by atomic mass is 16.7. The first-order valence-corrected chi connectivity index (χ1v) is 5.34. The van der Waals surface area contributed by atoms with Gasteiger partial charge < -0.3 is 14.2 Å². The molecule has 3 nitrogen and oxygen atoms in total. The van der Waals surface area contributed by atoms with Crippen LogP contribution in [-0.2, 0) is 15.9 Å². The average molecular weight is 208 g/mol. The van der Waals surface area contributed by atoms with E-state index >= 15 is 0 Å². The standard InChI is InChI=1S/C12H16O3/c1-2-13-11-6-4-3-5-10(11)9-12-14-7-8-15-12/h3-6,12H,2,7-9H2,1H3. The van der Waals surface area contributed by atoms with Gasteiger partial charge in [-0.15, -0.1) is 0 Å². The van der Waals surface area contributed by atoms with E-state index in [1.54, 1.807) is 0 Å². The monoisotopic (exact) mass is 208 g/mol. The van der Waals surface area contributed by atoms with Gasteiger partial charge in [0, 0.05) is 6.42 Å². The quantitative estimate of drug-likeness (QED) is 0.757. The normalized spacial score (nSPS) is 16.9. The topological polar surface area (TPSA) is 27.7 Å². The van der Waals surface area contributed by atoms with Gasteiger partial charge in [-0.25, -0.2) is 0 Å². The maximum Gasteiger partial charge on any atom is 0.161 e. The molecule has 0 atom stereocenters. The fraction of sp³-hybridized carbons (Fsp3) is 0.500. The SMILES string of the molecule is CCOc1ccccc1CC1OCCO1. The smallest absolute Gasteiger partial charge is 0.161 e. The number of benzene rings is 1. The predicted octanol–water partition coefficient (Wildman–Crippen LogP) is 2.00. The van der Waals surface area contributed by atoms with E-state index in [0.717, 1.165) is 17.7 Å². The van der Waals surface area contributed by atoms with Gasteiger partial charge in [-0.2, -0.15) is 0 Å². The molecule has 1 aliphatic rings. The molecule has 0 bridgehead atoms. The van der Waals surface area contributed by atoms with E-state index in [4.69, 9.17) is 14.2 Å². The number of rotatable bonds is 4. The van der Waals surface area contributed by atoms with E-state index in [0.29, 0.717) is 19.8 Å². The summed E-state index contributed by atoms with van der Waals surface area (Å²) < 4.78 is 16.4. The Bertz CT molecular complexity index is 305. The highest BCUT2D eigenvalue weighted by molar-refractivity contribution is 5.33. The Labute approximate surface area is 90.0 Å². The van der Waals surface area contributed by atoms with Crippen molar-refractivity contribution in [3.8, 4) is 5.75 Å². The lowest BCUT2D eigenvalue weighted by atomic mass is 10.1. The third-order valence-corrected chi connectivity index (χ3v) is 2.35. The summed E-state index contributed by atoms with van der Waals surface area (Å²) in [6.07, 6.45) is 0.655. The molecule has 1 fully saturated rings. The molecule has 0 amide bonds. The van der Waals surface area contributed by atoms with Crippen molar-refractivity contribution in [1.29, 1.82) is 0 Å². The van der Waals surface area contributed by atoms with Crippen LogP contribution in [0.1, 0.15) is 12.5 Å². The Hall–Kier alpha value is -1.06. The van der Waals surface area contributed by atoms with Crippen molar-refractivity contribution < 1.29 is 14.2 Å². The van der Waals surface area contributed by atoms with Gasteiger partial charge in [0.25, 0.3) is 0 Å². The molecule has 0 spiro atoms. The summed E-state index contributed by atoms with van der Waals surface area (Å²) in [5.41, 5.74) is 1.14. The molecule has 0 aromatic heterocycles. The maximum atomic E-state index is 5.54. The van der Waals surface area contributed by atoms with E-state index in [9.17, 15) is 0 Å². The van der Waals surface area contributed by atoms with Crippen LogP contribution in [0.2, 0.25) is 0 Å². The van der Waals surface area contributed by atoms with Crippen LogP contribution in [0.5, 0.6) is 5.75 Å². The predicted molar refractivity (Wildman–Crippen MR) is 57.0 cm³/mol. The lowest BCUT2D eigenvalue weighted by molar-refractivity contribution is -0.0403. The largest absolute Gasteiger partial charge is 0.494 e. The van der Waals surface area contributed by atoms with Gasteiger partial charge in [-0.05, 0) is 18.6 Å². The van der Waals surface area contributed by atoms with Crippen molar-refractivity contribution in [2.75, 3.05) is 19.8 Å². The molecule has 0 radical (unpaired) electrons. The van der Waals surface area contributed by atoms with Gasteiger partial charge in [0.15, 0.2) is 6.29 Å². The number of ether oxygens (including phenoxy) is 3. The van der Waals surface area contributed by atoms with E-state index in [1.807, 2.05) is 25.1 Å². The van der Waals surface area contributed by atoms with E-state index in [-0.39, 0.29) is 6.29 Å². The van der Waals surface area contributed by atoms with Crippen LogP contribution in [-0.4, -0.2) is 26.1 Å². The Kier molecular flexibility index (Phi) is 3.59. The van der Waals surface area contributed by atoms with Crippen molar-refractivity contribution in [1.82, 2.24) is 0 Å². The summed E-state index contributed by atoms with van der Waals surface area (Å²) in [4.78, 5) is 0. The second-order valence-corrected chi connectivity index (χ2v) is 3.42. The zero-order valence-corrected chi connectivity index (χ0v) is 8.94. The molecule has 0 unspecified atom stereocenters. The molecule has 1 aliphatic heterocycles. The van der Waals surface area contributed by atoms with Gasteiger partial charge in [-0.1, -0.05) is 18.2 Å². The van der Waals surface area contributed by atoms with Crippen LogP contribution < -0.4 is 4.74 Å². The molecule has 1 heterocycles. The fourth-order valence-corrected chi connectivity index (χ4v) is 1.67. The molecule has 0 saturated carbocycles. The van der Waals surface area contributed by atoms with Crippen LogP contribution in [0.15, 0.2) is 24.3 Å². The van der Waals surface area contributed by atoms with Gasteiger partial charge >= 0.3 is 0 Å². The van der Waals surface area contributed by atoms with Crippen LogP contribution in [0, 0.1) is 0 Å². The van der Waals surface area contributed by atoms with Crippen LogP contribution >= 0.6 is 0 Å². The van der Waals surface area contributed by atoms with Gasteiger partial charge in [-0.3, -0.25) is 0 Å². The maximum absolute atomic E-state index is 5.54. The Morgan fingerprint density at radius 3 is 2.73 bits per heavy atom. The van der Waals surface area contributed by atoms with Crippen molar-refractivity contribution in [3.05, 3.63) is 29.8 Å². The van der Waals surface area contributed by atoms with E-state index in [2.05, 4.69) is 6.07 Å². The Balaban J connectivity index is 2.05. The molecule has 1 aromatic rings. The van der Waals surface area contributed by atoms with E-state index in [1.165, 1.54) is 0 Å². The molecule has 3 heteroatoms. The van der Waals surface area contributed by atoms with Gasteiger partial charge in [0.05, 0.1) is 19.8 Å². The zero-order valence-electron chi connectivity index (χ0n) is 8.94. The van der Waals surface area contributed by atoms with Crippen molar-refractivity contribution in [2.45, 2.75) is 19.6 Å². The average Bonchev–Trinajstić information content (AvgIpc) is 2.74. The third-order valence-electron chi connectivity index (χ3n) is 2.35. The minimum absolute atomic E-state index is 0.105. The first-order chi connectivity index (χ1) is 7.40. The molecule has 1 saturated heterocycles. The van der Waals surface area contributed by atoms with Crippen LogP contribution in [0.25, 0.3) is 0 Å². The summed E-state index contributed by atoms with van der Waals surface area (Å²) in [5, 5.41) is 0. The molecule has 82 valence electrons. The lowest BCUT2D eigenvalue weighted by Crippen LogP contribution is -2.12. The molecule has 0 N–H and O–H groups in total. The summed E-state index contributed by atoms with van der Waals surface area (Å²) in [6, 6.07) is 8.02. The Morgan fingerprint density at radius 2 is 2.00 bits per heavy atom. The molecular formula is C12H16O3. The molecule has 2 rings (SSSR count). The Morgan fingerprint density at radius 1 is 1.27 bits per heavy atom. The minimum atomic E-state index is -0.105. The second kappa shape index (κ2) is 5.14. The van der Waals surface area contributed by atoms with Gasteiger partial charge in [0.2, 0.25) is 0 Å². The van der Waals surface area contributed by atoms with E-state index < -0.39 is 0 Å². The number of para-hydroxylation sites is 1.